The van der Waals surface area contributed by atoms with E-state index in [0.717, 1.165) is 4.47 Å². The molecule has 2 aromatic carbocycles. The fourth-order valence-electron chi connectivity index (χ4n) is 1.66. The lowest BCUT2D eigenvalue weighted by molar-refractivity contribution is -0.127. The van der Waals surface area contributed by atoms with E-state index in [0.29, 0.717) is 21.4 Å². The summed E-state index contributed by atoms with van der Waals surface area (Å²) in [6, 6.07) is 12.3. The molecular formula is C16H13BrCl2N2O2. The smallest absolute Gasteiger partial charge is 0.280 e. The number of amides is 1. The average Bonchev–Trinajstić information content (AvgIpc) is 2.52. The van der Waals surface area contributed by atoms with Crippen LogP contribution in [0.15, 0.2) is 52.0 Å². The minimum Gasteiger partial charge on any atom is -0.481 e. The van der Waals surface area contributed by atoms with Gasteiger partial charge in [0.2, 0.25) is 0 Å². The van der Waals surface area contributed by atoms with E-state index in [9.17, 15) is 4.79 Å². The Balaban J connectivity index is 1.93. The van der Waals surface area contributed by atoms with Gasteiger partial charge in [-0.3, -0.25) is 4.79 Å². The van der Waals surface area contributed by atoms with Crippen molar-refractivity contribution in [2.75, 3.05) is 0 Å². The lowest BCUT2D eigenvalue weighted by Crippen LogP contribution is -2.33. The van der Waals surface area contributed by atoms with Gasteiger partial charge in [0.15, 0.2) is 6.10 Å². The zero-order chi connectivity index (χ0) is 16.8. The average molecular weight is 416 g/mol. The van der Waals surface area contributed by atoms with Crippen LogP contribution in [0.4, 0.5) is 0 Å². The van der Waals surface area contributed by atoms with Crippen LogP contribution in [0, 0.1) is 0 Å². The molecule has 1 N–H and O–H groups in total. The highest BCUT2D eigenvalue weighted by molar-refractivity contribution is 9.10. The highest BCUT2D eigenvalue weighted by Crippen LogP contribution is 2.22. The number of hydrogen-bond donors (Lipinski definition) is 1. The molecule has 0 aliphatic heterocycles. The number of ether oxygens (including phenoxy) is 1. The number of hydrazone groups is 1. The van der Waals surface area contributed by atoms with Crippen LogP contribution in [0.5, 0.6) is 5.75 Å². The van der Waals surface area contributed by atoms with Gasteiger partial charge in [0.25, 0.3) is 5.91 Å². The van der Waals surface area contributed by atoms with Crippen LogP contribution >= 0.6 is 39.1 Å². The van der Waals surface area contributed by atoms with Crippen LogP contribution < -0.4 is 10.2 Å². The summed E-state index contributed by atoms with van der Waals surface area (Å²) in [6.45, 7) is 1.63. The number of benzene rings is 2. The summed E-state index contributed by atoms with van der Waals surface area (Å²) in [5, 5.41) is 4.77. The molecule has 0 radical (unpaired) electrons. The molecule has 7 heteroatoms. The Hall–Kier alpha value is -1.56. The quantitative estimate of drug-likeness (QED) is 0.569. The molecule has 2 rings (SSSR count). The number of nitrogens with zero attached hydrogens (tertiary/aromatic N) is 1. The fourth-order valence-corrected chi connectivity index (χ4v) is 2.42. The Morgan fingerprint density at radius 1 is 1.22 bits per heavy atom. The van der Waals surface area contributed by atoms with Crippen molar-refractivity contribution in [1.82, 2.24) is 5.43 Å². The Bertz CT molecular complexity index is 700. The first-order valence-electron chi connectivity index (χ1n) is 6.66. The maximum atomic E-state index is 11.9. The molecule has 0 heterocycles. The van der Waals surface area contributed by atoms with Gasteiger partial charge in [-0.25, -0.2) is 5.43 Å². The molecule has 4 nitrogen and oxygen atoms in total. The maximum Gasteiger partial charge on any atom is 0.280 e. The molecule has 0 unspecified atom stereocenters. The van der Waals surface area contributed by atoms with Crippen LogP contribution in [-0.2, 0) is 4.79 Å². The van der Waals surface area contributed by atoms with E-state index in [-0.39, 0.29) is 5.91 Å². The number of carbonyl (C=O) groups is 1. The standard InChI is InChI=1S/C16H13BrCl2N2O2/c1-10(23-12-7-5-11(17)6-8-12)16(22)21-20-9-13-14(18)3-2-4-15(13)19/h2-10H,1H3,(H,21,22)/t10-/m1/s1. The largest absolute Gasteiger partial charge is 0.481 e. The molecule has 0 aliphatic rings. The molecule has 23 heavy (non-hydrogen) atoms. The second-order valence-corrected chi connectivity index (χ2v) is 6.31. The van der Waals surface area contributed by atoms with Crippen molar-refractivity contribution < 1.29 is 9.53 Å². The minimum atomic E-state index is -0.699. The third kappa shape index (κ3) is 5.23. The van der Waals surface area contributed by atoms with Crippen LogP contribution in [0.2, 0.25) is 10.0 Å². The third-order valence-corrected chi connectivity index (χ3v) is 4.05. The lowest BCUT2D eigenvalue weighted by Gasteiger charge is -2.12. The number of hydrogen-bond acceptors (Lipinski definition) is 3. The first kappa shape index (κ1) is 17.8. The Morgan fingerprint density at radius 2 is 1.83 bits per heavy atom. The van der Waals surface area contributed by atoms with Crippen LogP contribution in [0.3, 0.4) is 0 Å². The monoisotopic (exact) mass is 414 g/mol. The van der Waals surface area contributed by atoms with E-state index in [1.807, 2.05) is 12.1 Å². The normalized spacial score (nSPS) is 12.2. The molecular weight excluding hydrogens is 403 g/mol. The summed E-state index contributed by atoms with van der Waals surface area (Å²) in [7, 11) is 0. The third-order valence-electron chi connectivity index (χ3n) is 2.86. The second-order valence-electron chi connectivity index (χ2n) is 4.58. The summed E-state index contributed by atoms with van der Waals surface area (Å²) in [5.41, 5.74) is 2.94. The van der Waals surface area contributed by atoms with E-state index in [2.05, 4.69) is 26.5 Å². The molecule has 0 aromatic heterocycles. The highest BCUT2D eigenvalue weighted by atomic mass is 79.9. The highest BCUT2D eigenvalue weighted by Gasteiger charge is 2.14. The number of carbonyl (C=O) groups excluding carboxylic acids is 1. The Labute approximate surface area is 152 Å². The molecule has 1 amide bonds. The Kier molecular flexibility index (Phi) is 6.45. The van der Waals surface area contributed by atoms with Crippen molar-refractivity contribution in [3.05, 3.63) is 62.5 Å². The SMILES string of the molecule is C[C@@H](Oc1ccc(Br)cc1)C(=O)NN=Cc1c(Cl)cccc1Cl. The summed E-state index contributed by atoms with van der Waals surface area (Å²) in [6.07, 6.45) is 0.699. The summed E-state index contributed by atoms with van der Waals surface area (Å²) in [5.74, 6) is 0.210. The van der Waals surface area contributed by atoms with Gasteiger partial charge in [0.05, 0.1) is 16.3 Å². The first-order valence-corrected chi connectivity index (χ1v) is 8.21. The molecule has 2 aromatic rings. The summed E-state index contributed by atoms with van der Waals surface area (Å²) >= 11 is 15.4. The van der Waals surface area contributed by atoms with Crippen molar-refractivity contribution in [2.24, 2.45) is 5.10 Å². The van der Waals surface area contributed by atoms with Crippen LogP contribution in [0.25, 0.3) is 0 Å². The van der Waals surface area contributed by atoms with Gasteiger partial charge in [-0.1, -0.05) is 45.2 Å². The molecule has 0 bridgehead atoms. The Morgan fingerprint density at radius 3 is 2.43 bits per heavy atom. The van der Waals surface area contributed by atoms with Crippen LogP contribution in [-0.4, -0.2) is 18.2 Å². The minimum absolute atomic E-state index is 0.382. The van der Waals surface area contributed by atoms with Crippen LogP contribution in [0.1, 0.15) is 12.5 Å². The van der Waals surface area contributed by atoms with Crippen molar-refractivity contribution in [3.8, 4) is 5.75 Å². The molecule has 0 fully saturated rings. The molecule has 120 valence electrons. The van der Waals surface area contributed by atoms with Crippen molar-refractivity contribution in [3.63, 3.8) is 0 Å². The zero-order valence-electron chi connectivity index (χ0n) is 12.1. The number of rotatable bonds is 5. The van der Waals surface area contributed by atoms with Gasteiger partial charge in [-0.2, -0.15) is 5.10 Å². The topological polar surface area (TPSA) is 50.7 Å². The molecule has 1 atom stereocenters. The zero-order valence-corrected chi connectivity index (χ0v) is 15.2. The van der Waals surface area contributed by atoms with Gasteiger partial charge in [-0.05, 0) is 43.3 Å². The van der Waals surface area contributed by atoms with E-state index in [1.54, 1.807) is 37.3 Å². The molecule has 0 saturated carbocycles. The number of halogens is 3. The second kappa shape index (κ2) is 8.34. The van der Waals surface area contributed by atoms with Crippen molar-refractivity contribution in [1.29, 1.82) is 0 Å². The van der Waals surface area contributed by atoms with E-state index < -0.39 is 6.10 Å². The van der Waals surface area contributed by atoms with Gasteiger partial charge in [0, 0.05) is 10.0 Å². The van der Waals surface area contributed by atoms with Gasteiger partial charge in [-0.15, -0.1) is 0 Å². The maximum absolute atomic E-state index is 11.9. The molecule has 0 aliphatic carbocycles. The number of nitrogens with one attached hydrogen (secondary N) is 1. The summed E-state index contributed by atoms with van der Waals surface area (Å²) < 4.78 is 6.46. The molecule has 0 spiro atoms. The van der Waals surface area contributed by atoms with E-state index in [4.69, 9.17) is 27.9 Å². The predicted octanol–water partition coefficient (Wildman–Crippen LogP) is 4.67. The summed E-state index contributed by atoms with van der Waals surface area (Å²) in [4.78, 5) is 11.9. The van der Waals surface area contributed by atoms with Gasteiger partial charge >= 0.3 is 0 Å². The van der Waals surface area contributed by atoms with Crippen molar-refractivity contribution in [2.45, 2.75) is 13.0 Å². The molecule has 0 saturated heterocycles. The lowest BCUT2D eigenvalue weighted by atomic mass is 10.2. The van der Waals surface area contributed by atoms with Gasteiger partial charge in [0.1, 0.15) is 5.75 Å². The van der Waals surface area contributed by atoms with Gasteiger partial charge < -0.3 is 4.74 Å². The predicted molar refractivity (Wildman–Crippen MR) is 96.4 cm³/mol. The first-order chi connectivity index (χ1) is 11.0. The fraction of sp³-hybridized carbons (Fsp3) is 0.125. The van der Waals surface area contributed by atoms with Crippen molar-refractivity contribution >= 4 is 51.3 Å². The van der Waals surface area contributed by atoms with E-state index >= 15 is 0 Å². The van der Waals surface area contributed by atoms with E-state index in [1.165, 1.54) is 6.21 Å².